The van der Waals surface area contributed by atoms with E-state index < -0.39 is 55.4 Å². The van der Waals surface area contributed by atoms with Gasteiger partial charge in [-0.15, -0.1) is 0 Å². The molecule has 1 aromatic carbocycles. The van der Waals surface area contributed by atoms with Crippen molar-refractivity contribution < 1.29 is 44.2 Å². The standard InChI is InChI=1S/C55H95NO9/c1-3-5-7-9-11-13-15-17-18-19-20-21-22-23-24-26-28-30-32-34-39-43-50(58)56-47(45-63-55-53(61)52(60)51(59)49(44-57)65-55)48(64-54(62)46-40-36-35-37-41-46)42-38-33-31-29-27-25-16-14-12-10-8-6-4-2/h17-18,35-38,40-42,47-49,51-53,55,57,59-61H,3-16,19-34,39,43-45H2,1-2H3,(H,56,58)/b18-17-,42-38+/t47-,48+,49+,51-,52-,53+,55+/m0/s1. The number of benzene rings is 1. The Labute approximate surface area is 395 Å². The minimum atomic E-state index is -1.61. The fraction of sp³-hybridized carbons (Fsp3) is 0.782. The number of amides is 1. The van der Waals surface area contributed by atoms with Crippen LogP contribution < -0.4 is 5.32 Å². The summed E-state index contributed by atoms with van der Waals surface area (Å²) in [4.78, 5) is 26.9. The van der Waals surface area contributed by atoms with Gasteiger partial charge in [0.2, 0.25) is 5.91 Å². The smallest absolute Gasteiger partial charge is 0.338 e. The van der Waals surface area contributed by atoms with Gasteiger partial charge in [-0.3, -0.25) is 4.79 Å². The van der Waals surface area contributed by atoms with E-state index in [9.17, 15) is 30.0 Å². The lowest BCUT2D eigenvalue weighted by Crippen LogP contribution is -2.60. The molecule has 0 bridgehead atoms. The van der Waals surface area contributed by atoms with E-state index in [0.717, 1.165) is 44.9 Å². The number of nitrogens with one attached hydrogen (secondary N) is 1. The normalized spacial score (nSPS) is 19.8. The van der Waals surface area contributed by atoms with Crippen LogP contribution in [0.2, 0.25) is 0 Å². The highest BCUT2D eigenvalue weighted by molar-refractivity contribution is 5.89. The quantitative estimate of drug-likeness (QED) is 0.0245. The second-order valence-corrected chi connectivity index (χ2v) is 18.6. The molecule has 0 radical (unpaired) electrons. The summed E-state index contributed by atoms with van der Waals surface area (Å²) in [5.74, 6) is -0.760. The number of rotatable bonds is 42. The van der Waals surface area contributed by atoms with Crippen LogP contribution in [0, 0.1) is 0 Å². The van der Waals surface area contributed by atoms with E-state index in [0.29, 0.717) is 12.0 Å². The number of aliphatic hydroxyl groups excluding tert-OH is 4. The number of hydrogen-bond donors (Lipinski definition) is 5. The van der Waals surface area contributed by atoms with Crippen molar-refractivity contribution in [3.05, 3.63) is 60.2 Å². The minimum absolute atomic E-state index is 0.208. The van der Waals surface area contributed by atoms with Crippen LogP contribution in [0.5, 0.6) is 0 Å². The summed E-state index contributed by atoms with van der Waals surface area (Å²) < 4.78 is 17.6. The zero-order valence-corrected chi connectivity index (χ0v) is 41.1. The van der Waals surface area contributed by atoms with Crippen LogP contribution >= 0.6 is 0 Å². The Morgan fingerprint density at radius 2 is 1.05 bits per heavy atom. The number of carbonyl (C=O) groups excluding carboxylic acids is 2. The summed E-state index contributed by atoms with van der Waals surface area (Å²) >= 11 is 0. The SMILES string of the molecule is CCCCCCCC/C=C\CCCCCCCCCCCCCC(=O)N[C@@H](CO[C@@H]1O[C@H](CO)[C@H](O)[C@H](O)[C@H]1O)[C@@H](/C=C/CCCCCCCCCCCCC)OC(=O)c1ccccc1. The van der Waals surface area contributed by atoms with Gasteiger partial charge in [0.15, 0.2) is 6.29 Å². The molecule has 10 heteroatoms. The number of unbranched alkanes of at least 4 members (excludes halogenated alkanes) is 28. The summed E-state index contributed by atoms with van der Waals surface area (Å²) in [6.07, 6.45) is 38.6. The van der Waals surface area contributed by atoms with Crippen LogP contribution in [0.15, 0.2) is 54.6 Å². The van der Waals surface area contributed by atoms with E-state index in [4.69, 9.17) is 14.2 Å². The van der Waals surface area contributed by atoms with Crippen molar-refractivity contribution in [1.29, 1.82) is 0 Å². The molecule has 65 heavy (non-hydrogen) atoms. The van der Waals surface area contributed by atoms with Gasteiger partial charge in [0.1, 0.15) is 30.5 Å². The maximum absolute atomic E-state index is 13.5. The molecule has 0 spiro atoms. The third-order valence-electron chi connectivity index (χ3n) is 12.7. The number of allylic oxidation sites excluding steroid dienone is 3. The van der Waals surface area contributed by atoms with Gasteiger partial charge in [0, 0.05) is 6.42 Å². The lowest BCUT2D eigenvalue weighted by atomic mass is 9.99. The van der Waals surface area contributed by atoms with Gasteiger partial charge in [0.25, 0.3) is 0 Å². The Morgan fingerprint density at radius 3 is 1.52 bits per heavy atom. The van der Waals surface area contributed by atoms with Gasteiger partial charge in [0.05, 0.1) is 24.8 Å². The second-order valence-electron chi connectivity index (χ2n) is 18.6. The van der Waals surface area contributed by atoms with Gasteiger partial charge in [-0.05, 0) is 63.2 Å². The number of carbonyl (C=O) groups is 2. The molecule has 1 aliphatic rings. The van der Waals surface area contributed by atoms with Crippen molar-refractivity contribution in [3.8, 4) is 0 Å². The molecule has 374 valence electrons. The van der Waals surface area contributed by atoms with Crippen molar-refractivity contribution in [2.75, 3.05) is 13.2 Å². The molecule has 0 aromatic heterocycles. The zero-order chi connectivity index (χ0) is 47.0. The molecule has 1 heterocycles. The van der Waals surface area contributed by atoms with Gasteiger partial charge in [-0.2, -0.15) is 0 Å². The van der Waals surface area contributed by atoms with Crippen molar-refractivity contribution in [3.63, 3.8) is 0 Å². The van der Waals surface area contributed by atoms with E-state index in [-0.39, 0.29) is 12.5 Å². The zero-order valence-electron chi connectivity index (χ0n) is 41.1. The molecule has 1 fully saturated rings. The predicted molar refractivity (Wildman–Crippen MR) is 265 cm³/mol. The van der Waals surface area contributed by atoms with Crippen LogP contribution in [0.4, 0.5) is 0 Å². The lowest BCUT2D eigenvalue weighted by molar-refractivity contribution is -0.302. The summed E-state index contributed by atoms with van der Waals surface area (Å²) in [6, 6.07) is 7.82. The van der Waals surface area contributed by atoms with Crippen molar-refractivity contribution in [1.82, 2.24) is 5.32 Å². The highest BCUT2D eigenvalue weighted by atomic mass is 16.7. The first-order valence-corrected chi connectivity index (χ1v) is 26.6. The van der Waals surface area contributed by atoms with Gasteiger partial charge in [-0.1, -0.05) is 204 Å². The van der Waals surface area contributed by atoms with Gasteiger partial charge in [-0.25, -0.2) is 4.79 Å². The number of esters is 1. The molecule has 10 nitrogen and oxygen atoms in total. The molecule has 1 amide bonds. The molecule has 0 unspecified atom stereocenters. The third kappa shape index (κ3) is 29.0. The average Bonchev–Trinajstić information content (AvgIpc) is 3.31. The van der Waals surface area contributed by atoms with Gasteiger partial charge >= 0.3 is 5.97 Å². The molecule has 0 aliphatic carbocycles. The average molecular weight is 914 g/mol. The largest absolute Gasteiger partial charge is 0.452 e. The topological polar surface area (TPSA) is 155 Å². The Hall–Kier alpha value is -2.60. The highest BCUT2D eigenvalue weighted by Crippen LogP contribution is 2.23. The van der Waals surface area contributed by atoms with E-state index >= 15 is 0 Å². The maximum Gasteiger partial charge on any atom is 0.338 e. The molecule has 0 saturated carbocycles. The molecule has 5 N–H and O–H groups in total. The third-order valence-corrected chi connectivity index (χ3v) is 12.7. The molecule has 1 saturated heterocycles. The molecule has 1 aromatic rings. The monoisotopic (exact) mass is 914 g/mol. The maximum atomic E-state index is 13.5. The van der Waals surface area contributed by atoms with E-state index in [2.05, 4.69) is 31.3 Å². The van der Waals surface area contributed by atoms with Crippen LogP contribution in [-0.4, -0.2) is 88.4 Å². The minimum Gasteiger partial charge on any atom is -0.452 e. The summed E-state index contributed by atoms with van der Waals surface area (Å²) in [7, 11) is 0. The van der Waals surface area contributed by atoms with Crippen LogP contribution in [0.3, 0.4) is 0 Å². The Balaban J connectivity index is 1.85. The van der Waals surface area contributed by atoms with E-state index in [1.165, 1.54) is 154 Å². The van der Waals surface area contributed by atoms with Crippen LogP contribution in [0.1, 0.15) is 230 Å². The first-order valence-electron chi connectivity index (χ1n) is 26.6. The van der Waals surface area contributed by atoms with Crippen LogP contribution in [-0.2, 0) is 19.0 Å². The Morgan fingerprint density at radius 1 is 0.600 bits per heavy atom. The molecule has 7 atom stereocenters. The number of hydrogen-bond acceptors (Lipinski definition) is 9. The van der Waals surface area contributed by atoms with Gasteiger partial charge < -0.3 is 40.0 Å². The molecule has 1 aliphatic heterocycles. The van der Waals surface area contributed by atoms with Crippen molar-refractivity contribution in [2.45, 2.75) is 262 Å². The summed E-state index contributed by atoms with van der Waals surface area (Å²) in [6.45, 7) is 3.68. The Bertz CT molecular complexity index is 1320. The highest BCUT2D eigenvalue weighted by Gasteiger charge is 2.44. The predicted octanol–water partition coefficient (Wildman–Crippen LogP) is 12.1. The summed E-state index contributed by atoms with van der Waals surface area (Å²) in [5, 5.41) is 44.1. The molecular weight excluding hydrogens is 819 g/mol. The lowest BCUT2D eigenvalue weighted by Gasteiger charge is -2.40. The Kier molecular flexibility index (Phi) is 36.4. The first-order chi connectivity index (χ1) is 31.8. The second kappa shape index (κ2) is 40.5. The van der Waals surface area contributed by atoms with E-state index in [1.807, 2.05) is 12.1 Å². The van der Waals surface area contributed by atoms with Crippen molar-refractivity contribution in [2.24, 2.45) is 0 Å². The molecule has 2 rings (SSSR count). The fourth-order valence-corrected chi connectivity index (χ4v) is 8.50. The molecular formula is C55H95NO9. The first kappa shape index (κ1) is 58.5. The van der Waals surface area contributed by atoms with Crippen molar-refractivity contribution >= 4 is 11.9 Å². The fourth-order valence-electron chi connectivity index (χ4n) is 8.50. The van der Waals surface area contributed by atoms with Crippen LogP contribution in [0.25, 0.3) is 0 Å². The van der Waals surface area contributed by atoms with E-state index in [1.54, 1.807) is 30.3 Å². The summed E-state index contributed by atoms with van der Waals surface area (Å²) in [5.41, 5.74) is 0.369. The number of ether oxygens (including phenoxy) is 3. The number of aliphatic hydroxyl groups is 4.